The molecule has 1 unspecified atom stereocenters. The van der Waals surface area contributed by atoms with Gasteiger partial charge in [-0.2, -0.15) is 13.2 Å². The molecule has 1 aliphatic carbocycles. The second kappa shape index (κ2) is 6.33. The molecule has 2 aromatic rings. The summed E-state index contributed by atoms with van der Waals surface area (Å²) in [4.78, 5) is 0. The number of alkyl halides is 4. The van der Waals surface area contributed by atoms with Crippen LogP contribution < -0.4 is 5.32 Å². The molecule has 1 heterocycles. The molecule has 0 saturated carbocycles. The molecule has 1 N–H and O–H groups in total. The van der Waals surface area contributed by atoms with Gasteiger partial charge in [-0.3, -0.25) is 0 Å². The predicted molar refractivity (Wildman–Crippen MR) is 97.5 cm³/mol. The molecule has 1 aliphatic heterocycles. The number of hydrogen-bond donors (Lipinski definition) is 1. The van der Waals surface area contributed by atoms with Crippen LogP contribution in [0.25, 0.3) is 0 Å². The molecule has 5 heteroatoms. The number of benzene rings is 2. The van der Waals surface area contributed by atoms with Gasteiger partial charge in [0.2, 0.25) is 5.67 Å². The van der Waals surface area contributed by atoms with Crippen LogP contribution in [0, 0.1) is 0 Å². The average Bonchev–Trinajstić information content (AvgIpc) is 3.05. The maximum Gasteiger partial charge on any atom is 0.426 e. The third-order valence-corrected chi connectivity index (χ3v) is 6.41. The van der Waals surface area contributed by atoms with E-state index in [-0.39, 0.29) is 11.0 Å². The summed E-state index contributed by atoms with van der Waals surface area (Å²) in [5.41, 5.74) is -0.620. The molecule has 4 rings (SSSR count). The highest BCUT2D eigenvalue weighted by molar-refractivity contribution is 5.45. The van der Waals surface area contributed by atoms with Crippen molar-refractivity contribution in [3.8, 4) is 0 Å². The van der Waals surface area contributed by atoms with E-state index in [1.54, 1.807) is 6.07 Å². The molecule has 0 spiro atoms. The smallest absolute Gasteiger partial charge is 0.313 e. The molecule has 27 heavy (non-hydrogen) atoms. The largest absolute Gasteiger partial charge is 0.426 e. The fraction of sp³-hybridized carbons (Fsp3) is 0.455. The molecule has 3 atom stereocenters. The summed E-state index contributed by atoms with van der Waals surface area (Å²) in [5.74, 6) is 0. The monoisotopic (exact) mass is 377 g/mol. The minimum atomic E-state index is -4.92. The first kappa shape index (κ1) is 18.5. The lowest BCUT2D eigenvalue weighted by molar-refractivity contribution is -0.228. The van der Waals surface area contributed by atoms with Crippen molar-refractivity contribution in [3.05, 3.63) is 70.8 Å². The molecule has 144 valence electrons. The zero-order valence-electron chi connectivity index (χ0n) is 15.2. The third kappa shape index (κ3) is 2.96. The lowest BCUT2D eigenvalue weighted by Gasteiger charge is -2.42. The summed E-state index contributed by atoms with van der Waals surface area (Å²) in [6.07, 6.45) is -1.62. The molecular formula is C22H23F4N. The van der Waals surface area contributed by atoms with Gasteiger partial charge >= 0.3 is 6.18 Å². The molecule has 0 radical (unpaired) electrons. The third-order valence-electron chi connectivity index (χ3n) is 6.41. The Morgan fingerprint density at radius 3 is 2.52 bits per heavy atom. The first-order valence-corrected chi connectivity index (χ1v) is 9.41. The van der Waals surface area contributed by atoms with E-state index in [0.717, 1.165) is 36.9 Å². The maximum absolute atomic E-state index is 14.5. The van der Waals surface area contributed by atoms with E-state index in [2.05, 4.69) is 17.4 Å². The van der Waals surface area contributed by atoms with Crippen molar-refractivity contribution in [2.24, 2.45) is 0 Å². The summed E-state index contributed by atoms with van der Waals surface area (Å²) >= 11 is 0. The molecule has 0 amide bonds. The number of halogens is 4. The summed E-state index contributed by atoms with van der Waals surface area (Å²) in [6, 6.07) is 15.0. The molecule has 1 fully saturated rings. The molecular weight excluding hydrogens is 354 g/mol. The van der Waals surface area contributed by atoms with Crippen LogP contribution in [0.4, 0.5) is 17.6 Å². The van der Waals surface area contributed by atoms with E-state index >= 15 is 0 Å². The van der Waals surface area contributed by atoms with E-state index in [0.29, 0.717) is 19.4 Å². The highest BCUT2D eigenvalue weighted by atomic mass is 19.4. The van der Waals surface area contributed by atoms with Gasteiger partial charge in [-0.05, 0) is 61.4 Å². The van der Waals surface area contributed by atoms with Crippen molar-refractivity contribution >= 4 is 0 Å². The van der Waals surface area contributed by atoms with Gasteiger partial charge in [-0.1, -0.05) is 48.5 Å². The van der Waals surface area contributed by atoms with E-state index < -0.39 is 11.8 Å². The van der Waals surface area contributed by atoms with E-state index in [1.807, 2.05) is 18.2 Å². The fourth-order valence-corrected chi connectivity index (χ4v) is 4.85. The van der Waals surface area contributed by atoms with Crippen LogP contribution in [0.5, 0.6) is 0 Å². The van der Waals surface area contributed by atoms with Crippen LogP contribution in [-0.2, 0) is 23.9 Å². The molecule has 0 bridgehead atoms. The second-order valence-electron chi connectivity index (χ2n) is 7.99. The van der Waals surface area contributed by atoms with Gasteiger partial charge in [-0.15, -0.1) is 0 Å². The van der Waals surface area contributed by atoms with Crippen LogP contribution in [0.2, 0.25) is 0 Å². The van der Waals surface area contributed by atoms with Gasteiger partial charge in [-0.25, -0.2) is 4.39 Å². The van der Waals surface area contributed by atoms with Gasteiger partial charge in [0, 0.05) is 11.5 Å². The molecule has 1 nitrogen and oxygen atoms in total. The topological polar surface area (TPSA) is 12.0 Å². The van der Waals surface area contributed by atoms with Crippen molar-refractivity contribution < 1.29 is 17.6 Å². The summed E-state index contributed by atoms with van der Waals surface area (Å²) < 4.78 is 53.9. The van der Waals surface area contributed by atoms with Crippen molar-refractivity contribution in [2.75, 3.05) is 6.54 Å². The van der Waals surface area contributed by atoms with E-state index in [9.17, 15) is 17.6 Å². The quantitative estimate of drug-likeness (QED) is 0.723. The Kier molecular flexibility index (Phi) is 4.34. The van der Waals surface area contributed by atoms with Crippen LogP contribution in [0.1, 0.15) is 42.0 Å². The van der Waals surface area contributed by atoms with Gasteiger partial charge in [0.05, 0.1) is 0 Å². The van der Waals surface area contributed by atoms with Crippen LogP contribution in [-0.4, -0.2) is 18.8 Å². The van der Waals surface area contributed by atoms with Crippen LogP contribution in [0.15, 0.2) is 48.5 Å². The highest BCUT2D eigenvalue weighted by Crippen LogP contribution is 2.48. The van der Waals surface area contributed by atoms with Crippen LogP contribution in [0.3, 0.4) is 0 Å². The summed E-state index contributed by atoms with van der Waals surface area (Å²) in [5, 5.41) is 3.58. The fourth-order valence-electron chi connectivity index (χ4n) is 4.85. The zero-order chi connectivity index (χ0) is 19.3. The second-order valence-corrected chi connectivity index (χ2v) is 7.99. The average molecular weight is 377 g/mol. The highest BCUT2D eigenvalue weighted by Gasteiger charge is 2.54. The van der Waals surface area contributed by atoms with Crippen LogP contribution >= 0.6 is 0 Å². The Hall–Kier alpha value is -1.88. The Labute approximate surface area is 156 Å². The number of hydrogen-bond acceptors (Lipinski definition) is 1. The first-order chi connectivity index (χ1) is 12.7. The van der Waals surface area contributed by atoms with Crippen molar-refractivity contribution in [1.29, 1.82) is 0 Å². The maximum atomic E-state index is 14.5. The minimum Gasteiger partial charge on any atom is -0.313 e. The lowest BCUT2D eigenvalue weighted by atomic mass is 9.63. The van der Waals surface area contributed by atoms with Gasteiger partial charge < -0.3 is 5.32 Å². The van der Waals surface area contributed by atoms with E-state index in [1.165, 1.54) is 17.7 Å². The first-order valence-electron chi connectivity index (χ1n) is 9.41. The minimum absolute atomic E-state index is 0.140. The Morgan fingerprint density at radius 2 is 1.81 bits per heavy atom. The number of fused-ring (bicyclic) bond motifs is 3. The van der Waals surface area contributed by atoms with Crippen molar-refractivity contribution in [1.82, 2.24) is 5.32 Å². The standard InChI is InChI=1S/C22H23F4N/c1-20(23,22(24,25)26)17-8-9-18-16(13-17)7-10-19-21(18,11-12-27-19)14-15-5-3-2-4-6-15/h2-6,8-9,13,19,27H,7,10-12,14H2,1H3/t19-,20?,21-/m0/s1. The number of rotatable bonds is 3. The lowest BCUT2D eigenvalue weighted by Crippen LogP contribution is -2.46. The normalized spacial score (nSPS) is 26.9. The molecule has 1 saturated heterocycles. The van der Waals surface area contributed by atoms with Gasteiger partial charge in [0.1, 0.15) is 0 Å². The van der Waals surface area contributed by atoms with Crippen molar-refractivity contribution in [2.45, 2.75) is 55.9 Å². The molecule has 2 aromatic carbocycles. The Bertz CT molecular complexity index is 828. The SMILES string of the molecule is CC(F)(c1ccc2c(c1)CC[C@@H]1NCC[C@]21Cc1ccccc1)C(F)(F)F. The summed E-state index contributed by atoms with van der Waals surface area (Å²) in [7, 11) is 0. The summed E-state index contributed by atoms with van der Waals surface area (Å²) in [6.45, 7) is 1.50. The number of aryl methyl sites for hydroxylation is 1. The Morgan fingerprint density at radius 1 is 1.07 bits per heavy atom. The molecule has 2 aliphatic rings. The van der Waals surface area contributed by atoms with E-state index in [4.69, 9.17) is 0 Å². The van der Waals surface area contributed by atoms with Gasteiger partial charge in [0.25, 0.3) is 0 Å². The zero-order valence-corrected chi connectivity index (χ0v) is 15.2. The van der Waals surface area contributed by atoms with Gasteiger partial charge in [0.15, 0.2) is 0 Å². The number of nitrogens with one attached hydrogen (secondary N) is 1. The molecule has 0 aromatic heterocycles. The van der Waals surface area contributed by atoms with Crippen molar-refractivity contribution in [3.63, 3.8) is 0 Å². The predicted octanol–water partition coefficient (Wildman–Crippen LogP) is 5.22. The Balaban J connectivity index is 1.77.